The summed E-state index contributed by atoms with van der Waals surface area (Å²) in [6, 6.07) is 0. The highest BCUT2D eigenvalue weighted by Gasteiger charge is 2.04. The zero-order chi connectivity index (χ0) is 8.85. The Balaban J connectivity index is 3.82. The molecular formula is C10H20N-. The highest BCUT2D eigenvalue weighted by atomic mass is 14.8. The van der Waals surface area contributed by atoms with E-state index in [0.717, 1.165) is 18.3 Å². The maximum atomic E-state index is 4.19. The van der Waals surface area contributed by atoms with Crippen LogP contribution in [0.1, 0.15) is 34.1 Å². The van der Waals surface area contributed by atoms with Crippen molar-refractivity contribution in [1.29, 1.82) is 0 Å². The van der Waals surface area contributed by atoms with E-state index in [1.54, 1.807) is 0 Å². The average Bonchev–Trinajstić information content (AvgIpc) is 1.99. The van der Waals surface area contributed by atoms with E-state index in [9.17, 15) is 0 Å². The normalized spacial score (nSPS) is 15.3. The number of hydrogen-bond acceptors (Lipinski definition) is 0. The summed E-state index contributed by atoms with van der Waals surface area (Å²) >= 11 is 0. The molecule has 0 N–H and O–H groups in total. The molecule has 0 saturated heterocycles. The molecule has 0 fully saturated rings. The molecule has 0 radical (unpaired) electrons. The van der Waals surface area contributed by atoms with Crippen LogP contribution in [0, 0.1) is 11.8 Å². The number of hydrogen-bond donors (Lipinski definition) is 0. The molecule has 1 heteroatoms. The summed E-state index contributed by atoms with van der Waals surface area (Å²) in [5.74, 6) is 1.50. The zero-order valence-electron chi connectivity index (χ0n) is 8.39. The molecule has 0 bridgehead atoms. The minimum atomic E-state index is 0.741. The van der Waals surface area contributed by atoms with Crippen LogP contribution >= 0.6 is 0 Å². The second kappa shape index (κ2) is 5.22. The van der Waals surface area contributed by atoms with E-state index in [0.29, 0.717) is 0 Å². The summed E-state index contributed by atoms with van der Waals surface area (Å²) in [5.41, 5.74) is 1.23. The van der Waals surface area contributed by atoms with Gasteiger partial charge >= 0.3 is 0 Å². The Bertz CT molecular complexity index is 125. The monoisotopic (exact) mass is 154 g/mol. The first-order chi connectivity index (χ1) is 5.11. The summed E-state index contributed by atoms with van der Waals surface area (Å²) in [7, 11) is 1.86. The van der Waals surface area contributed by atoms with Gasteiger partial charge in [0.25, 0.3) is 0 Å². The minimum absolute atomic E-state index is 0.741. The van der Waals surface area contributed by atoms with Crippen molar-refractivity contribution in [1.82, 2.24) is 0 Å². The highest BCUT2D eigenvalue weighted by Crippen LogP contribution is 2.21. The molecule has 0 spiro atoms. The molecule has 66 valence electrons. The first kappa shape index (κ1) is 10.5. The molecule has 0 aliphatic carbocycles. The predicted octanol–water partition coefficient (Wildman–Crippen LogP) is 3.58. The SMILES string of the molecule is C/C=C(/CC(C)C(C)C)[N-]C. The molecule has 0 aromatic heterocycles. The van der Waals surface area contributed by atoms with Gasteiger partial charge < -0.3 is 5.32 Å². The predicted molar refractivity (Wildman–Crippen MR) is 51.7 cm³/mol. The van der Waals surface area contributed by atoms with Crippen molar-refractivity contribution in [2.75, 3.05) is 7.05 Å². The summed E-state index contributed by atoms with van der Waals surface area (Å²) < 4.78 is 0. The van der Waals surface area contributed by atoms with E-state index in [-0.39, 0.29) is 0 Å². The molecule has 0 aliphatic heterocycles. The van der Waals surface area contributed by atoms with Crippen molar-refractivity contribution >= 4 is 0 Å². The van der Waals surface area contributed by atoms with E-state index in [1.165, 1.54) is 5.70 Å². The maximum absolute atomic E-state index is 4.19. The lowest BCUT2D eigenvalue weighted by Gasteiger charge is -2.24. The Labute approximate surface area is 70.9 Å². The molecule has 0 rings (SSSR count). The summed E-state index contributed by atoms with van der Waals surface area (Å²) in [4.78, 5) is 0. The molecule has 1 atom stereocenters. The van der Waals surface area contributed by atoms with Crippen LogP contribution in [0.3, 0.4) is 0 Å². The molecule has 0 aromatic rings. The van der Waals surface area contributed by atoms with Gasteiger partial charge in [0.15, 0.2) is 0 Å². The van der Waals surface area contributed by atoms with Crippen LogP contribution in [0.25, 0.3) is 5.32 Å². The third-order valence-corrected chi connectivity index (χ3v) is 2.29. The topological polar surface area (TPSA) is 14.1 Å². The van der Waals surface area contributed by atoms with Gasteiger partial charge in [-0.05, 0) is 25.2 Å². The molecule has 0 heterocycles. The van der Waals surface area contributed by atoms with Gasteiger partial charge in [0.1, 0.15) is 0 Å². The first-order valence-electron chi connectivity index (χ1n) is 4.36. The van der Waals surface area contributed by atoms with Crippen LogP contribution in [-0.2, 0) is 0 Å². The van der Waals surface area contributed by atoms with Crippen molar-refractivity contribution in [3.63, 3.8) is 0 Å². The molecule has 1 nitrogen and oxygen atoms in total. The number of rotatable bonds is 4. The summed E-state index contributed by atoms with van der Waals surface area (Å²) in [5, 5.41) is 4.19. The third kappa shape index (κ3) is 4.07. The van der Waals surface area contributed by atoms with Gasteiger partial charge in [0.2, 0.25) is 0 Å². The van der Waals surface area contributed by atoms with Crippen LogP contribution in [-0.4, -0.2) is 7.05 Å². The molecule has 1 unspecified atom stereocenters. The first-order valence-corrected chi connectivity index (χ1v) is 4.36. The molecule has 11 heavy (non-hydrogen) atoms. The van der Waals surface area contributed by atoms with Gasteiger partial charge in [-0.15, -0.1) is 13.1 Å². The van der Waals surface area contributed by atoms with Gasteiger partial charge in [0.05, 0.1) is 0 Å². The van der Waals surface area contributed by atoms with E-state index in [1.807, 2.05) is 7.05 Å². The quantitative estimate of drug-likeness (QED) is 0.587. The summed E-state index contributed by atoms with van der Waals surface area (Å²) in [6.07, 6.45) is 3.21. The van der Waals surface area contributed by atoms with E-state index < -0.39 is 0 Å². The fourth-order valence-corrected chi connectivity index (χ4v) is 0.904. The summed E-state index contributed by atoms with van der Waals surface area (Å²) in [6.45, 7) is 8.84. The van der Waals surface area contributed by atoms with Crippen molar-refractivity contribution in [2.24, 2.45) is 11.8 Å². The van der Waals surface area contributed by atoms with E-state index >= 15 is 0 Å². The highest BCUT2D eigenvalue weighted by molar-refractivity contribution is 5.14. The fourth-order valence-electron chi connectivity index (χ4n) is 0.904. The van der Waals surface area contributed by atoms with Gasteiger partial charge in [-0.1, -0.05) is 20.8 Å². The number of allylic oxidation sites excluding steroid dienone is 2. The van der Waals surface area contributed by atoms with Crippen molar-refractivity contribution in [2.45, 2.75) is 34.1 Å². The maximum Gasteiger partial charge on any atom is -0.0397 e. The Hall–Kier alpha value is -0.460. The molecule has 0 saturated carbocycles. The molecule has 0 amide bonds. The molecule has 0 aromatic carbocycles. The van der Waals surface area contributed by atoms with E-state index in [4.69, 9.17) is 0 Å². The smallest absolute Gasteiger partial charge is 0.0397 e. The lowest BCUT2D eigenvalue weighted by molar-refractivity contribution is 0.417. The molecule has 0 aliphatic rings. The lowest BCUT2D eigenvalue weighted by atomic mass is 9.93. The largest absolute Gasteiger partial charge is 0.691 e. The number of nitrogens with zero attached hydrogens (tertiary/aromatic N) is 1. The average molecular weight is 154 g/mol. The Morgan fingerprint density at radius 1 is 1.36 bits per heavy atom. The van der Waals surface area contributed by atoms with Crippen LogP contribution in [0.2, 0.25) is 0 Å². The van der Waals surface area contributed by atoms with Gasteiger partial charge in [-0.25, -0.2) is 0 Å². The van der Waals surface area contributed by atoms with Crippen LogP contribution in [0.4, 0.5) is 0 Å². The van der Waals surface area contributed by atoms with Gasteiger partial charge in [0, 0.05) is 0 Å². The Kier molecular flexibility index (Phi) is 5.01. The standard InChI is InChI=1S/C10H20N/c1-6-10(11-5)7-9(4)8(2)3/h6,8-9H,7H2,1-5H3/q-1/b10-6-. The van der Waals surface area contributed by atoms with Gasteiger partial charge in [-0.2, -0.15) is 5.70 Å². The second-order valence-electron chi connectivity index (χ2n) is 3.43. The van der Waals surface area contributed by atoms with Crippen molar-refractivity contribution < 1.29 is 0 Å². The zero-order valence-corrected chi connectivity index (χ0v) is 8.39. The fraction of sp³-hybridized carbons (Fsp3) is 0.800. The lowest BCUT2D eigenvalue weighted by Crippen LogP contribution is -2.04. The van der Waals surface area contributed by atoms with Crippen LogP contribution < -0.4 is 0 Å². The molecular weight excluding hydrogens is 134 g/mol. The Morgan fingerprint density at radius 3 is 2.18 bits per heavy atom. The van der Waals surface area contributed by atoms with Gasteiger partial charge in [-0.3, -0.25) is 0 Å². The van der Waals surface area contributed by atoms with E-state index in [2.05, 4.69) is 39.1 Å². The van der Waals surface area contributed by atoms with Crippen molar-refractivity contribution in [3.05, 3.63) is 17.1 Å². The van der Waals surface area contributed by atoms with Crippen molar-refractivity contribution in [3.8, 4) is 0 Å². The Morgan fingerprint density at radius 2 is 1.91 bits per heavy atom. The minimum Gasteiger partial charge on any atom is -0.691 e. The second-order valence-corrected chi connectivity index (χ2v) is 3.43. The van der Waals surface area contributed by atoms with Crippen LogP contribution in [0.5, 0.6) is 0 Å². The third-order valence-electron chi connectivity index (χ3n) is 2.29. The van der Waals surface area contributed by atoms with Crippen LogP contribution in [0.15, 0.2) is 11.8 Å².